The Morgan fingerprint density at radius 3 is 2.94 bits per heavy atom. The number of hydrogen-bond acceptors (Lipinski definition) is 5. The van der Waals surface area contributed by atoms with E-state index in [1.165, 1.54) is 0 Å². The first-order chi connectivity index (χ1) is 8.28. The molecule has 17 heavy (non-hydrogen) atoms. The molecule has 0 spiro atoms. The summed E-state index contributed by atoms with van der Waals surface area (Å²) < 4.78 is 8.21. The van der Waals surface area contributed by atoms with Gasteiger partial charge < -0.3 is 10.0 Å². The minimum Gasteiger partial charge on any atom is -0.396 e. The summed E-state index contributed by atoms with van der Waals surface area (Å²) in [5.41, 5.74) is 2.23. The molecule has 1 fully saturated rings. The molecule has 0 saturated carbocycles. The Bertz CT molecular complexity index is 563. The topological polar surface area (TPSA) is 66.3 Å². The molecule has 5 nitrogen and oxygen atoms in total. The fraction of sp³-hybridized carbons (Fsp3) is 0.364. The molecule has 0 unspecified atom stereocenters. The van der Waals surface area contributed by atoms with E-state index in [2.05, 4.69) is 8.75 Å². The number of fused-ring (bicyclic) bond motifs is 1. The molecular weight excluding hydrogens is 238 g/mol. The third-order valence-corrected chi connectivity index (χ3v) is 3.56. The standard InChI is InChI=1S/C11H11N3O2S/c15-6-7-4-14(5-7)11(16)8-1-2-9-10(3-8)13-17-12-9/h1-3,7,15H,4-6H2. The van der Waals surface area contributed by atoms with Crippen LogP contribution in [0.2, 0.25) is 0 Å². The predicted molar refractivity (Wildman–Crippen MR) is 63.9 cm³/mol. The molecule has 1 aromatic carbocycles. The first-order valence-electron chi connectivity index (χ1n) is 5.40. The van der Waals surface area contributed by atoms with Crippen LogP contribution in [0, 0.1) is 5.92 Å². The van der Waals surface area contributed by atoms with Crippen molar-refractivity contribution in [1.29, 1.82) is 0 Å². The van der Waals surface area contributed by atoms with E-state index < -0.39 is 0 Å². The molecule has 1 N–H and O–H groups in total. The van der Waals surface area contributed by atoms with Gasteiger partial charge in [-0.15, -0.1) is 0 Å². The third kappa shape index (κ3) is 1.79. The van der Waals surface area contributed by atoms with Crippen molar-refractivity contribution in [3.63, 3.8) is 0 Å². The van der Waals surface area contributed by atoms with Crippen molar-refractivity contribution in [2.24, 2.45) is 5.92 Å². The number of benzene rings is 1. The zero-order chi connectivity index (χ0) is 11.8. The molecule has 0 aliphatic carbocycles. The summed E-state index contributed by atoms with van der Waals surface area (Å²) in [5.74, 6) is 0.244. The van der Waals surface area contributed by atoms with Crippen LogP contribution in [0.3, 0.4) is 0 Å². The summed E-state index contributed by atoms with van der Waals surface area (Å²) in [4.78, 5) is 13.8. The van der Waals surface area contributed by atoms with E-state index in [4.69, 9.17) is 5.11 Å². The van der Waals surface area contributed by atoms with Crippen molar-refractivity contribution < 1.29 is 9.90 Å². The number of aliphatic hydroxyl groups excluding tert-OH is 1. The van der Waals surface area contributed by atoms with Gasteiger partial charge in [-0.1, -0.05) is 0 Å². The average molecular weight is 249 g/mol. The number of nitrogens with zero attached hydrogens (tertiary/aromatic N) is 3. The van der Waals surface area contributed by atoms with Crippen LogP contribution in [0.5, 0.6) is 0 Å². The monoisotopic (exact) mass is 249 g/mol. The number of likely N-dealkylation sites (tertiary alicyclic amines) is 1. The Labute approximate surface area is 102 Å². The van der Waals surface area contributed by atoms with Gasteiger partial charge in [0.1, 0.15) is 11.0 Å². The summed E-state index contributed by atoms with van der Waals surface area (Å²) >= 11 is 1.15. The molecule has 1 aliphatic rings. The smallest absolute Gasteiger partial charge is 0.253 e. The second-order valence-electron chi connectivity index (χ2n) is 4.23. The molecule has 6 heteroatoms. The number of carbonyl (C=O) groups excluding carboxylic acids is 1. The van der Waals surface area contributed by atoms with E-state index in [0.717, 1.165) is 22.8 Å². The molecule has 0 radical (unpaired) electrons. The number of rotatable bonds is 2. The predicted octanol–water partition coefficient (Wildman–Crippen LogP) is 0.756. The zero-order valence-electron chi connectivity index (χ0n) is 9.04. The minimum absolute atomic E-state index is 0.00426. The van der Waals surface area contributed by atoms with Gasteiger partial charge in [-0.2, -0.15) is 8.75 Å². The molecule has 0 bridgehead atoms. The highest BCUT2D eigenvalue weighted by Gasteiger charge is 2.30. The first-order valence-corrected chi connectivity index (χ1v) is 6.13. The molecular formula is C11H11N3O2S. The molecule has 1 amide bonds. The Morgan fingerprint density at radius 2 is 2.18 bits per heavy atom. The lowest BCUT2D eigenvalue weighted by Crippen LogP contribution is -2.51. The van der Waals surface area contributed by atoms with Gasteiger partial charge >= 0.3 is 0 Å². The summed E-state index contributed by atoms with van der Waals surface area (Å²) in [6, 6.07) is 5.36. The highest BCUT2D eigenvalue weighted by atomic mass is 32.1. The molecule has 2 aromatic rings. The van der Waals surface area contributed by atoms with Gasteiger partial charge in [0.05, 0.1) is 11.7 Å². The summed E-state index contributed by atoms with van der Waals surface area (Å²) in [6.07, 6.45) is 0. The van der Waals surface area contributed by atoms with Gasteiger partial charge in [0, 0.05) is 31.2 Å². The van der Waals surface area contributed by atoms with Crippen LogP contribution in [0.1, 0.15) is 10.4 Å². The van der Waals surface area contributed by atoms with Crippen LogP contribution in [-0.4, -0.2) is 44.4 Å². The summed E-state index contributed by atoms with van der Waals surface area (Å²) in [6.45, 7) is 1.43. The largest absolute Gasteiger partial charge is 0.396 e. The maximum absolute atomic E-state index is 12.1. The quantitative estimate of drug-likeness (QED) is 0.853. The third-order valence-electron chi connectivity index (χ3n) is 3.00. The number of carbonyl (C=O) groups is 1. The van der Waals surface area contributed by atoms with Crippen molar-refractivity contribution in [3.8, 4) is 0 Å². The van der Waals surface area contributed by atoms with Crippen molar-refractivity contribution in [3.05, 3.63) is 23.8 Å². The Kier molecular flexibility index (Phi) is 2.53. The second-order valence-corrected chi connectivity index (χ2v) is 4.75. The maximum atomic E-state index is 12.1. The lowest BCUT2D eigenvalue weighted by atomic mass is 10.00. The molecule has 1 aromatic heterocycles. The molecule has 88 valence electrons. The van der Waals surface area contributed by atoms with E-state index in [9.17, 15) is 4.79 Å². The van der Waals surface area contributed by atoms with Crippen LogP contribution >= 0.6 is 11.7 Å². The average Bonchev–Trinajstić information content (AvgIpc) is 2.74. The van der Waals surface area contributed by atoms with Gasteiger partial charge in [0.15, 0.2) is 0 Å². The van der Waals surface area contributed by atoms with E-state index >= 15 is 0 Å². The van der Waals surface area contributed by atoms with Crippen LogP contribution in [0.4, 0.5) is 0 Å². The lowest BCUT2D eigenvalue weighted by molar-refractivity contribution is 0.0362. The van der Waals surface area contributed by atoms with E-state index in [1.54, 1.807) is 17.0 Å². The fourth-order valence-electron chi connectivity index (χ4n) is 1.95. The normalized spacial score (nSPS) is 16.2. The summed E-state index contributed by atoms with van der Waals surface area (Å²) in [7, 11) is 0. The Balaban J connectivity index is 1.81. The van der Waals surface area contributed by atoms with E-state index in [-0.39, 0.29) is 18.4 Å². The highest BCUT2D eigenvalue weighted by Crippen LogP contribution is 2.20. The van der Waals surface area contributed by atoms with E-state index in [0.29, 0.717) is 18.7 Å². The molecule has 0 atom stereocenters. The molecule has 2 heterocycles. The molecule has 1 saturated heterocycles. The van der Waals surface area contributed by atoms with Gasteiger partial charge in [-0.3, -0.25) is 4.79 Å². The van der Waals surface area contributed by atoms with Gasteiger partial charge in [-0.05, 0) is 18.2 Å². The van der Waals surface area contributed by atoms with Crippen LogP contribution in [0.15, 0.2) is 18.2 Å². The van der Waals surface area contributed by atoms with Crippen molar-refractivity contribution >= 4 is 28.7 Å². The molecule has 3 rings (SSSR count). The number of aromatic nitrogens is 2. The molecule has 1 aliphatic heterocycles. The number of amides is 1. The zero-order valence-corrected chi connectivity index (χ0v) is 9.85. The summed E-state index contributed by atoms with van der Waals surface area (Å²) in [5, 5.41) is 8.91. The number of aliphatic hydroxyl groups is 1. The van der Waals surface area contributed by atoms with Crippen molar-refractivity contribution in [2.45, 2.75) is 0 Å². The Hall–Kier alpha value is -1.53. The van der Waals surface area contributed by atoms with Crippen molar-refractivity contribution in [2.75, 3.05) is 19.7 Å². The SMILES string of the molecule is O=C(c1ccc2nsnc2c1)N1CC(CO)C1. The number of hydrogen-bond donors (Lipinski definition) is 1. The van der Waals surface area contributed by atoms with Crippen LogP contribution in [0.25, 0.3) is 11.0 Å². The van der Waals surface area contributed by atoms with Crippen LogP contribution in [-0.2, 0) is 0 Å². The first kappa shape index (κ1) is 10.6. The maximum Gasteiger partial charge on any atom is 0.253 e. The Morgan fingerprint density at radius 1 is 1.41 bits per heavy atom. The van der Waals surface area contributed by atoms with E-state index in [1.807, 2.05) is 6.07 Å². The van der Waals surface area contributed by atoms with Crippen molar-refractivity contribution in [1.82, 2.24) is 13.6 Å². The lowest BCUT2D eigenvalue weighted by Gasteiger charge is -2.38. The fourth-order valence-corrected chi connectivity index (χ4v) is 2.47. The second kappa shape index (κ2) is 4.05. The van der Waals surface area contributed by atoms with Crippen LogP contribution < -0.4 is 0 Å². The highest BCUT2D eigenvalue weighted by molar-refractivity contribution is 7.00. The minimum atomic E-state index is 0.00426. The van der Waals surface area contributed by atoms with Gasteiger partial charge in [0.25, 0.3) is 5.91 Å². The van der Waals surface area contributed by atoms with Gasteiger partial charge in [0.2, 0.25) is 0 Å². The van der Waals surface area contributed by atoms with Gasteiger partial charge in [-0.25, -0.2) is 0 Å².